The molecule has 1 saturated heterocycles. The molecule has 3 rings (SSSR count). The Morgan fingerprint density at radius 2 is 2.11 bits per heavy atom. The molecule has 0 amide bonds. The Morgan fingerprint density at radius 3 is 2.72 bits per heavy atom. The molecule has 1 aliphatic rings. The van der Waals surface area contributed by atoms with Gasteiger partial charge in [0, 0.05) is 25.5 Å². The molecule has 1 fully saturated rings. The lowest BCUT2D eigenvalue weighted by Crippen LogP contribution is -2.33. The zero-order valence-electron chi connectivity index (χ0n) is 9.93. The Balaban J connectivity index is 1.85. The minimum Gasteiger partial charge on any atom is -0.371 e. The van der Waals surface area contributed by atoms with E-state index in [0.29, 0.717) is 0 Å². The number of nitrogens with one attached hydrogen (secondary N) is 2. The fourth-order valence-electron chi connectivity index (χ4n) is 2.15. The smallest absolute Gasteiger partial charge is 0.330 e. The van der Waals surface area contributed by atoms with Crippen LogP contribution in [-0.4, -0.2) is 29.2 Å². The van der Waals surface area contributed by atoms with Crippen LogP contribution < -0.4 is 11.0 Å². The summed E-state index contributed by atoms with van der Waals surface area (Å²) in [6, 6.07) is 7.88. The predicted molar refractivity (Wildman–Crippen MR) is 68.0 cm³/mol. The summed E-state index contributed by atoms with van der Waals surface area (Å²) in [5.41, 5.74) is 1.86. The van der Waals surface area contributed by atoms with E-state index in [-0.39, 0.29) is 11.8 Å². The number of benzene rings is 1. The van der Waals surface area contributed by atoms with Crippen molar-refractivity contribution in [3.05, 3.63) is 52.7 Å². The number of imidazole rings is 1. The van der Waals surface area contributed by atoms with Gasteiger partial charge in [0.2, 0.25) is 0 Å². The third-order valence-electron chi connectivity index (χ3n) is 3.12. The Kier molecular flexibility index (Phi) is 3.00. The fourth-order valence-corrected chi connectivity index (χ4v) is 2.15. The molecule has 2 heterocycles. The van der Waals surface area contributed by atoms with Gasteiger partial charge in [0.1, 0.15) is 0 Å². The van der Waals surface area contributed by atoms with Crippen molar-refractivity contribution >= 4 is 0 Å². The summed E-state index contributed by atoms with van der Waals surface area (Å²) in [4.78, 5) is 14.1. The quantitative estimate of drug-likeness (QED) is 0.823. The molecule has 2 N–H and O–H groups in total. The second-order valence-electron chi connectivity index (χ2n) is 4.29. The van der Waals surface area contributed by atoms with E-state index in [1.54, 1.807) is 17.0 Å². The Morgan fingerprint density at radius 1 is 1.28 bits per heavy atom. The number of aromatic nitrogens is 2. The zero-order chi connectivity index (χ0) is 12.4. The molecule has 1 aromatic heterocycles. The molecule has 2 aromatic rings. The van der Waals surface area contributed by atoms with Crippen LogP contribution in [-0.2, 0) is 4.74 Å². The van der Waals surface area contributed by atoms with Crippen molar-refractivity contribution in [3.8, 4) is 5.69 Å². The maximum atomic E-state index is 11.5. The molecule has 0 aliphatic carbocycles. The molecule has 1 aliphatic heterocycles. The van der Waals surface area contributed by atoms with Crippen LogP contribution in [0.4, 0.5) is 0 Å². The normalized spacial score (nSPS) is 19.9. The zero-order valence-corrected chi connectivity index (χ0v) is 9.93. The van der Waals surface area contributed by atoms with Crippen LogP contribution in [0.2, 0.25) is 0 Å². The van der Waals surface area contributed by atoms with E-state index in [4.69, 9.17) is 4.74 Å². The van der Waals surface area contributed by atoms with Crippen molar-refractivity contribution < 1.29 is 4.74 Å². The summed E-state index contributed by atoms with van der Waals surface area (Å²) in [5, 5.41) is 3.30. The summed E-state index contributed by atoms with van der Waals surface area (Å²) >= 11 is 0. The molecular formula is C13H15N3O2. The van der Waals surface area contributed by atoms with Gasteiger partial charge < -0.3 is 15.0 Å². The van der Waals surface area contributed by atoms with Gasteiger partial charge in [-0.1, -0.05) is 12.1 Å². The van der Waals surface area contributed by atoms with E-state index >= 15 is 0 Å². The van der Waals surface area contributed by atoms with Gasteiger partial charge >= 0.3 is 5.69 Å². The lowest BCUT2D eigenvalue weighted by atomic mass is 10.1. The molecule has 5 heteroatoms. The predicted octanol–water partition coefficient (Wildman–Crippen LogP) is 0.826. The summed E-state index contributed by atoms with van der Waals surface area (Å²) in [6.07, 6.45) is 3.45. The Labute approximate surface area is 104 Å². The molecule has 0 bridgehead atoms. The van der Waals surface area contributed by atoms with E-state index in [1.165, 1.54) is 0 Å². The third-order valence-corrected chi connectivity index (χ3v) is 3.12. The summed E-state index contributed by atoms with van der Waals surface area (Å²) in [6.45, 7) is 2.49. The standard InChI is InChI=1S/C13H15N3O2/c17-13-15-5-7-16(13)11-3-1-10(2-4-11)12-9-14-6-8-18-12/h1-5,7,12,14H,6,8-9H2,(H,15,17). The highest BCUT2D eigenvalue weighted by Crippen LogP contribution is 2.19. The van der Waals surface area contributed by atoms with Crippen LogP contribution in [0, 0.1) is 0 Å². The van der Waals surface area contributed by atoms with Crippen LogP contribution in [0.25, 0.3) is 5.69 Å². The topological polar surface area (TPSA) is 59.0 Å². The summed E-state index contributed by atoms with van der Waals surface area (Å²) in [7, 11) is 0. The number of H-pyrrole nitrogens is 1. The van der Waals surface area contributed by atoms with E-state index in [2.05, 4.69) is 10.3 Å². The van der Waals surface area contributed by atoms with Crippen molar-refractivity contribution in [2.24, 2.45) is 0 Å². The number of ether oxygens (including phenoxy) is 1. The van der Waals surface area contributed by atoms with Crippen LogP contribution in [0.1, 0.15) is 11.7 Å². The van der Waals surface area contributed by atoms with Crippen LogP contribution in [0.15, 0.2) is 41.5 Å². The van der Waals surface area contributed by atoms with Crippen molar-refractivity contribution in [1.29, 1.82) is 0 Å². The Bertz CT molecular complexity index is 564. The highest BCUT2D eigenvalue weighted by Gasteiger charge is 2.15. The van der Waals surface area contributed by atoms with Gasteiger partial charge in [0.25, 0.3) is 0 Å². The Hall–Kier alpha value is -1.85. The lowest BCUT2D eigenvalue weighted by Gasteiger charge is -2.24. The van der Waals surface area contributed by atoms with Gasteiger partial charge in [-0.05, 0) is 17.7 Å². The van der Waals surface area contributed by atoms with Crippen molar-refractivity contribution in [2.45, 2.75) is 6.10 Å². The fraction of sp³-hybridized carbons (Fsp3) is 0.308. The minimum absolute atomic E-state index is 0.107. The van der Waals surface area contributed by atoms with E-state index in [1.807, 2.05) is 24.3 Å². The maximum absolute atomic E-state index is 11.5. The molecule has 1 atom stereocenters. The molecule has 1 unspecified atom stereocenters. The third kappa shape index (κ3) is 2.10. The number of nitrogens with zero attached hydrogens (tertiary/aromatic N) is 1. The van der Waals surface area contributed by atoms with Gasteiger partial charge in [0.15, 0.2) is 0 Å². The SMILES string of the molecule is O=c1[nH]ccn1-c1ccc(C2CNCCO2)cc1. The van der Waals surface area contributed by atoms with Crippen LogP contribution in [0.5, 0.6) is 0 Å². The van der Waals surface area contributed by atoms with E-state index < -0.39 is 0 Å². The molecule has 5 nitrogen and oxygen atoms in total. The largest absolute Gasteiger partial charge is 0.371 e. The molecule has 0 spiro atoms. The number of aromatic amines is 1. The highest BCUT2D eigenvalue weighted by molar-refractivity contribution is 5.35. The monoisotopic (exact) mass is 245 g/mol. The van der Waals surface area contributed by atoms with E-state index in [0.717, 1.165) is 30.9 Å². The number of hydrogen-bond acceptors (Lipinski definition) is 3. The van der Waals surface area contributed by atoms with Crippen molar-refractivity contribution in [1.82, 2.24) is 14.9 Å². The number of hydrogen-bond donors (Lipinski definition) is 2. The molecular weight excluding hydrogens is 230 g/mol. The number of rotatable bonds is 2. The van der Waals surface area contributed by atoms with Crippen LogP contribution >= 0.6 is 0 Å². The average molecular weight is 245 g/mol. The molecule has 0 saturated carbocycles. The van der Waals surface area contributed by atoms with Gasteiger partial charge in [0.05, 0.1) is 18.4 Å². The van der Waals surface area contributed by atoms with Gasteiger partial charge in [-0.15, -0.1) is 0 Å². The van der Waals surface area contributed by atoms with Gasteiger partial charge in [-0.2, -0.15) is 0 Å². The summed E-state index contributed by atoms with van der Waals surface area (Å²) in [5.74, 6) is 0. The first-order valence-electron chi connectivity index (χ1n) is 6.03. The van der Waals surface area contributed by atoms with Crippen molar-refractivity contribution in [3.63, 3.8) is 0 Å². The highest BCUT2D eigenvalue weighted by atomic mass is 16.5. The van der Waals surface area contributed by atoms with E-state index in [9.17, 15) is 4.79 Å². The average Bonchev–Trinajstić information content (AvgIpc) is 2.86. The molecule has 0 radical (unpaired) electrons. The maximum Gasteiger partial charge on any atom is 0.330 e. The molecule has 18 heavy (non-hydrogen) atoms. The van der Waals surface area contributed by atoms with Gasteiger partial charge in [-0.25, -0.2) is 4.79 Å². The van der Waals surface area contributed by atoms with Crippen LogP contribution in [0.3, 0.4) is 0 Å². The minimum atomic E-state index is -0.127. The molecule has 94 valence electrons. The van der Waals surface area contributed by atoms with Gasteiger partial charge in [-0.3, -0.25) is 4.57 Å². The first-order chi connectivity index (χ1) is 8.84. The first-order valence-corrected chi connectivity index (χ1v) is 6.03. The van der Waals surface area contributed by atoms with Crippen molar-refractivity contribution in [2.75, 3.05) is 19.7 Å². The number of morpholine rings is 1. The summed E-state index contributed by atoms with van der Waals surface area (Å²) < 4.78 is 7.25. The molecule has 1 aromatic carbocycles. The first kappa shape index (κ1) is 11.3. The lowest BCUT2D eigenvalue weighted by molar-refractivity contribution is 0.0277. The second kappa shape index (κ2) is 4.80. The second-order valence-corrected chi connectivity index (χ2v) is 4.29.